The first-order valence-electron chi connectivity index (χ1n) is 6.07. The van der Waals surface area contributed by atoms with Crippen LogP contribution < -0.4 is 9.47 Å². The molecule has 2 rings (SSSR count). The Hall–Kier alpha value is -2.57. The summed E-state index contributed by atoms with van der Waals surface area (Å²) < 4.78 is 12.7. The molecule has 1 heterocycles. The summed E-state index contributed by atoms with van der Waals surface area (Å²) in [5.41, 5.74) is 0.152. The monoisotopic (exact) mass is 277 g/mol. The van der Waals surface area contributed by atoms with Crippen LogP contribution in [0.3, 0.4) is 0 Å². The van der Waals surface area contributed by atoms with Crippen molar-refractivity contribution in [2.45, 2.75) is 13.5 Å². The van der Waals surface area contributed by atoms with E-state index in [9.17, 15) is 4.79 Å². The van der Waals surface area contributed by atoms with Crippen molar-refractivity contribution in [1.82, 2.24) is 14.8 Å². The number of carbonyl (C=O) groups is 1. The Morgan fingerprint density at radius 2 is 2.15 bits per heavy atom. The van der Waals surface area contributed by atoms with Crippen molar-refractivity contribution in [2.75, 3.05) is 6.61 Å². The van der Waals surface area contributed by atoms with E-state index in [4.69, 9.17) is 14.6 Å². The van der Waals surface area contributed by atoms with E-state index in [0.717, 1.165) is 0 Å². The van der Waals surface area contributed by atoms with Crippen LogP contribution in [0.1, 0.15) is 23.1 Å². The van der Waals surface area contributed by atoms with Crippen LogP contribution >= 0.6 is 0 Å². The second-order valence-corrected chi connectivity index (χ2v) is 4.05. The van der Waals surface area contributed by atoms with Crippen molar-refractivity contribution in [3.63, 3.8) is 0 Å². The lowest BCUT2D eigenvalue weighted by atomic mass is 10.2. The van der Waals surface area contributed by atoms with Gasteiger partial charge in [-0.25, -0.2) is 4.79 Å². The molecule has 0 bridgehead atoms. The number of hydrogen-bond donors (Lipinski definition) is 1. The van der Waals surface area contributed by atoms with Crippen molar-refractivity contribution < 1.29 is 19.4 Å². The number of nitrogens with zero attached hydrogens (tertiary/aromatic N) is 3. The first kappa shape index (κ1) is 13.9. The van der Waals surface area contributed by atoms with Crippen LogP contribution in [0.5, 0.6) is 11.5 Å². The second-order valence-electron chi connectivity index (χ2n) is 4.05. The molecule has 0 saturated carbocycles. The number of carboxylic acids is 1. The number of rotatable bonds is 6. The maximum Gasteiger partial charge on any atom is 0.335 e. The van der Waals surface area contributed by atoms with Gasteiger partial charge in [0.15, 0.2) is 17.3 Å². The van der Waals surface area contributed by atoms with Gasteiger partial charge in [-0.15, -0.1) is 10.2 Å². The predicted molar refractivity (Wildman–Crippen MR) is 69.9 cm³/mol. The van der Waals surface area contributed by atoms with E-state index < -0.39 is 5.97 Å². The second kappa shape index (κ2) is 6.05. The van der Waals surface area contributed by atoms with Crippen molar-refractivity contribution in [2.24, 2.45) is 7.05 Å². The molecule has 0 spiro atoms. The Labute approximate surface area is 115 Å². The number of aromatic nitrogens is 3. The van der Waals surface area contributed by atoms with Crippen LogP contribution in [0.25, 0.3) is 0 Å². The molecule has 2 aromatic rings. The largest absolute Gasteiger partial charge is 0.490 e. The fraction of sp³-hybridized carbons (Fsp3) is 0.308. The smallest absolute Gasteiger partial charge is 0.335 e. The highest BCUT2D eigenvalue weighted by molar-refractivity contribution is 5.88. The molecule has 0 amide bonds. The SMILES string of the molecule is CCOc1cc(C(=O)O)ccc1OCc1nncn1C. The van der Waals surface area contributed by atoms with Gasteiger partial charge in [0.1, 0.15) is 12.9 Å². The Kier molecular flexibility index (Phi) is 4.19. The van der Waals surface area contributed by atoms with Gasteiger partial charge < -0.3 is 19.1 Å². The van der Waals surface area contributed by atoms with Gasteiger partial charge in [-0.2, -0.15) is 0 Å². The number of carboxylic acid groups (broad SMARTS) is 1. The van der Waals surface area contributed by atoms with Crippen LogP contribution in [0, 0.1) is 0 Å². The zero-order valence-corrected chi connectivity index (χ0v) is 11.2. The summed E-state index contributed by atoms with van der Waals surface area (Å²) in [6.45, 7) is 2.46. The first-order valence-corrected chi connectivity index (χ1v) is 6.07. The van der Waals surface area contributed by atoms with Crippen LogP contribution in [-0.4, -0.2) is 32.4 Å². The molecule has 0 aliphatic carbocycles. The maximum absolute atomic E-state index is 10.9. The van der Waals surface area contributed by atoms with Crippen LogP contribution in [0.2, 0.25) is 0 Å². The molecule has 7 heteroatoms. The van der Waals surface area contributed by atoms with E-state index in [2.05, 4.69) is 10.2 Å². The average Bonchev–Trinajstić information content (AvgIpc) is 2.83. The summed E-state index contributed by atoms with van der Waals surface area (Å²) in [7, 11) is 1.82. The molecule has 0 aliphatic rings. The van der Waals surface area contributed by atoms with Gasteiger partial charge in [-0.1, -0.05) is 0 Å². The Balaban J connectivity index is 2.17. The van der Waals surface area contributed by atoms with Gasteiger partial charge in [0, 0.05) is 7.05 Å². The Morgan fingerprint density at radius 1 is 1.35 bits per heavy atom. The van der Waals surface area contributed by atoms with Crippen molar-refractivity contribution in [1.29, 1.82) is 0 Å². The number of aromatic carboxylic acids is 1. The number of ether oxygens (including phenoxy) is 2. The van der Waals surface area contributed by atoms with Gasteiger partial charge in [0.2, 0.25) is 0 Å². The first-order chi connectivity index (χ1) is 9.61. The quantitative estimate of drug-likeness (QED) is 0.860. The van der Waals surface area contributed by atoms with Crippen LogP contribution in [0.15, 0.2) is 24.5 Å². The lowest BCUT2D eigenvalue weighted by Gasteiger charge is -2.12. The molecule has 20 heavy (non-hydrogen) atoms. The van der Waals surface area contributed by atoms with Gasteiger partial charge in [0.25, 0.3) is 0 Å². The Morgan fingerprint density at radius 3 is 2.75 bits per heavy atom. The van der Waals surface area contributed by atoms with E-state index >= 15 is 0 Å². The van der Waals surface area contributed by atoms with E-state index in [1.807, 2.05) is 14.0 Å². The van der Waals surface area contributed by atoms with Crippen molar-refractivity contribution >= 4 is 5.97 Å². The molecular formula is C13H15N3O4. The Bertz CT molecular complexity index is 609. The minimum absolute atomic E-state index is 0.152. The lowest BCUT2D eigenvalue weighted by Crippen LogP contribution is -2.05. The van der Waals surface area contributed by atoms with Crippen molar-refractivity contribution in [3.8, 4) is 11.5 Å². The molecule has 0 unspecified atom stereocenters. The highest BCUT2D eigenvalue weighted by Gasteiger charge is 2.11. The molecule has 106 valence electrons. The summed E-state index contributed by atoms with van der Waals surface area (Å²) in [5, 5.41) is 16.6. The van der Waals surface area contributed by atoms with Gasteiger partial charge in [-0.05, 0) is 25.1 Å². The zero-order chi connectivity index (χ0) is 14.5. The number of hydrogen-bond acceptors (Lipinski definition) is 5. The normalized spacial score (nSPS) is 10.3. The van der Waals surface area contributed by atoms with Crippen molar-refractivity contribution in [3.05, 3.63) is 35.9 Å². The standard InChI is InChI=1S/C13H15N3O4/c1-3-19-11-6-9(13(17)18)4-5-10(11)20-7-12-15-14-8-16(12)2/h4-6,8H,3,7H2,1-2H3,(H,17,18). The third-order valence-corrected chi connectivity index (χ3v) is 2.65. The third kappa shape index (κ3) is 3.05. The molecule has 0 radical (unpaired) electrons. The minimum atomic E-state index is -1.01. The summed E-state index contributed by atoms with van der Waals surface area (Å²) in [6, 6.07) is 4.49. The summed E-state index contributed by atoms with van der Waals surface area (Å²) >= 11 is 0. The molecule has 7 nitrogen and oxygen atoms in total. The summed E-state index contributed by atoms with van der Waals surface area (Å²) in [4.78, 5) is 10.9. The molecule has 0 saturated heterocycles. The van der Waals surface area contributed by atoms with E-state index in [-0.39, 0.29) is 12.2 Å². The molecule has 1 aromatic carbocycles. The van der Waals surface area contributed by atoms with Crippen LogP contribution in [-0.2, 0) is 13.7 Å². The number of aryl methyl sites for hydroxylation is 1. The maximum atomic E-state index is 10.9. The average molecular weight is 277 g/mol. The van der Waals surface area contributed by atoms with E-state index in [1.165, 1.54) is 12.1 Å². The van der Waals surface area contributed by atoms with Gasteiger partial charge in [-0.3, -0.25) is 0 Å². The fourth-order valence-electron chi connectivity index (χ4n) is 1.61. The van der Waals surface area contributed by atoms with E-state index in [1.54, 1.807) is 17.0 Å². The number of benzene rings is 1. The van der Waals surface area contributed by atoms with Crippen LogP contribution in [0.4, 0.5) is 0 Å². The lowest BCUT2D eigenvalue weighted by molar-refractivity contribution is 0.0696. The summed E-state index contributed by atoms with van der Waals surface area (Å²) in [5.74, 6) is 0.523. The zero-order valence-electron chi connectivity index (χ0n) is 11.2. The van der Waals surface area contributed by atoms with Gasteiger partial charge in [0.05, 0.1) is 12.2 Å². The molecule has 1 aromatic heterocycles. The molecule has 0 fully saturated rings. The van der Waals surface area contributed by atoms with E-state index in [0.29, 0.717) is 23.9 Å². The molecule has 1 N–H and O–H groups in total. The summed E-state index contributed by atoms with van der Waals surface area (Å²) in [6.07, 6.45) is 1.58. The predicted octanol–water partition coefficient (Wildman–Crippen LogP) is 1.49. The fourth-order valence-corrected chi connectivity index (χ4v) is 1.61. The molecule has 0 aliphatic heterocycles. The highest BCUT2D eigenvalue weighted by atomic mass is 16.5. The highest BCUT2D eigenvalue weighted by Crippen LogP contribution is 2.29. The molecule has 0 atom stereocenters. The third-order valence-electron chi connectivity index (χ3n) is 2.65. The minimum Gasteiger partial charge on any atom is -0.490 e. The van der Waals surface area contributed by atoms with Gasteiger partial charge >= 0.3 is 5.97 Å². The molecular weight excluding hydrogens is 262 g/mol. The topological polar surface area (TPSA) is 86.5 Å².